The minimum atomic E-state index is -0.289. The maximum Gasteiger partial charge on any atom is 0.268 e. The number of fused-ring (bicyclic) bond motifs is 1. The van der Waals surface area contributed by atoms with Gasteiger partial charge in [-0.15, -0.1) is 0 Å². The monoisotopic (exact) mass is 552 g/mol. The molecular formula is C29H28N8O4. The third-order valence-electron chi connectivity index (χ3n) is 6.86. The van der Waals surface area contributed by atoms with Crippen molar-refractivity contribution >= 4 is 22.7 Å². The maximum atomic E-state index is 13.6. The highest BCUT2D eigenvalue weighted by molar-refractivity contribution is 5.77. The first-order chi connectivity index (χ1) is 19.9. The molecule has 0 saturated carbocycles. The number of imidazole rings is 1. The predicted octanol–water partition coefficient (Wildman–Crippen LogP) is 2.68. The van der Waals surface area contributed by atoms with Gasteiger partial charge in [0, 0.05) is 48.8 Å². The van der Waals surface area contributed by atoms with Crippen LogP contribution in [0.15, 0.2) is 64.4 Å². The standard InChI is InChI=1S/C29H28N8O4/c1-19-22(16-32-41-19)17-37-27-21(14-20(28(37)38)4-9-25-30-10-11-35(25)2)15-31-29(34-27)33-23-5-7-24(8-6-23)40-26-18-39-13-12-36(26)3/h5-8,10-11,14-16,26H,12-13,17-18H2,1-3H3,(H,31,33,34). The van der Waals surface area contributed by atoms with Crippen LogP contribution in [-0.4, -0.2) is 67.2 Å². The van der Waals surface area contributed by atoms with Gasteiger partial charge in [0.25, 0.3) is 5.56 Å². The van der Waals surface area contributed by atoms with Gasteiger partial charge in [-0.2, -0.15) is 4.98 Å². The quantitative estimate of drug-likeness (QED) is 0.314. The Bertz CT molecular complexity index is 1810. The molecule has 0 bridgehead atoms. The number of pyridine rings is 1. The minimum Gasteiger partial charge on any atom is -0.473 e. The van der Waals surface area contributed by atoms with E-state index in [9.17, 15) is 4.79 Å². The van der Waals surface area contributed by atoms with Gasteiger partial charge in [-0.3, -0.25) is 14.3 Å². The highest BCUT2D eigenvalue weighted by Gasteiger charge is 2.21. The normalized spacial score (nSPS) is 15.4. The SMILES string of the molecule is Cc1oncc1Cn1c(=O)c(C#Cc2nccn2C)cc2cnc(Nc3ccc(OC4COCCN4C)cc3)nc21. The molecule has 12 nitrogen and oxygen atoms in total. The molecule has 0 amide bonds. The predicted molar refractivity (Wildman–Crippen MR) is 151 cm³/mol. The van der Waals surface area contributed by atoms with Gasteiger partial charge in [-0.05, 0) is 50.2 Å². The van der Waals surface area contributed by atoms with Crippen LogP contribution < -0.4 is 15.6 Å². The van der Waals surface area contributed by atoms with E-state index in [1.54, 1.807) is 46.9 Å². The van der Waals surface area contributed by atoms with E-state index in [1.165, 1.54) is 0 Å². The summed E-state index contributed by atoms with van der Waals surface area (Å²) in [5, 5.41) is 7.74. The smallest absolute Gasteiger partial charge is 0.268 e. The second-order valence-corrected chi connectivity index (χ2v) is 9.72. The molecule has 0 radical (unpaired) electrons. The van der Waals surface area contributed by atoms with Crippen molar-refractivity contribution in [3.63, 3.8) is 0 Å². The summed E-state index contributed by atoms with van der Waals surface area (Å²) in [5.74, 6) is 8.19. The number of likely N-dealkylation sites (N-methyl/N-ethyl adjacent to an activating group) is 1. The molecule has 1 aliphatic heterocycles. The summed E-state index contributed by atoms with van der Waals surface area (Å²) in [7, 11) is 3.86. The van der Waals surface area contributed by atoms with Crippen molar-refractivity contribution < 1.29 is 14.0 Å². The summed E-state index contributed by atoms with van der Waals surface area (Å²) in [4.78, 5) is 29.2. The van der Waals surface area contributed by atoms with Gasteiger partial charge < -0.3 is 23.9 Å². The third kappa shape index (κ3) is 5.67. The average molecular weight is 553 g/mol. The maximum absolute atomic E-state index is 13.6. The number of anilines is 2. The number of ether oxygens (including phenoxy) is 2. The van der Waals surface area contributed by atoms with E-state index in [0.717, 1.165) is 23.5 Å². The largest absolute Gasteiger partial charge is 0.473 e. The Balaban J connectivity index is 1.31. The molecule has 1 saturated heterocycles. The summed E-state index contributed by atoms with van der Waals surface area (Å²) in [5.41, 5.74) is 2.01. The van der Waals surface area contributed by atoms with Crippen molar-refractivity contribution in [2.45, 2.75) is 19.7 Å². The Kier molecular flexibility index (Phi) is 7.20. The number of nitrogens with zero attached hydrogens (tertiary/aromatic N) is 7. The highest BCUT2D eigenvalue weighted by atomic mass is 16.6. The van der Waals surface area contributed by atoms with Crippen LogP contribution in [0.2, 0.25) is 0 Å². The van der Waals surface area contributed by atoms with E-state index in [-0.39, 0.29) is 18.3 Å². The van der Waals surface area contributed by atoms with Crippen molar-refractivity contribution in [3.05, 3.63) is 88.2 Å². The van der Waals surface area contributed by atoms with Crippen LogP contribution in [0, 0.1) is 18.8 Å². The van der Waals surface area contributed by atoms with Gasteiger partial charge in [0.05, 0.1) is 31.5 Å². The van der Waals surface area contributed by atoms with E-state index in [2.05, 4.69) is 37.2 Å². The van der Waals surface area contributed by atoms with Gasteiger partial charge in [-0.25, -0.2) is 9.97 Å². The fourth-order valence-corrected chi connectivity index (χ4v) is 4.40. The van der Waals surface area contributed by atoms with Crippen molar-refractivity contribution in [1.29, 1.82) is 0 Å². The highest BCUT2D eigenvalue weighted by Crippen LogP contribution is 2.22. The number of nitrogens with one attached hydrogen (secondary N) is 1. The fraction of sp³-hybridized carbons (Fsp3) is 0.276. The first-order valence-electron chi connectivity index (χ1n) is 13.1. The number of rotatable bonds is 6. The van der Waals surface area contributed by atoms with Gasteiger partial charge >= 0.3 is 0 Å². The number of hydrogen-bond acceptors (Lipinski definition) is 10. The molecule has 4 aromatic heterocycles. The Morgan fingerprint density at radius 1 is 1.15 bits per heavy atom. The Hall–Kier alpha value is -4.99. The van der Waals surface area contributed by atoms with Gasteiger partial charge in [0.15, 0.2) is 12.1 Å². The second kappa shape index (κ2) is 11.2. The average Bonchev–Trinajstić information content (AvgIpc) is 3.58. The molecule has 12 heteroatoms. The van der Waals surface area contributed by atoms with E-state index in [0.29, 0.717) is 47.3 Å². The molecule has 1 unspecified atom stereocenters. The lowest BCUT2D eigenvalue weighted by atomic mass is 10.2. The molecule has 5 heterocycles. The van der Waals surface area contributed by atoms with Crippen LogP contribution in [0.5, 0.6) is 5.75 Å². The summed E-state index contributed by atoms with van der Waals surface area (Å²) in [6.45, 7) is 4.06. The number of aryl methyl sites for hydroxylation is 2. The van der Waals surface area contributed by atoms with E-state index in [1.807, 2.05) is 38.4 Å². The Morgan fingerprint density at radius 3 is 2.73 bits per heavy atom. The topological polar surface area (TPSA) is 125 Å². The lowest BCUT2D eigenvalue weighted by molar-refractivity contribution is -0.0793. The number of hydrogen-bond donors (Lipinski definition) is 1. The molecule has 0 spiro atoms. The molecule has 1 aliphatic rings. The van der Waals surface area contributed by atoms with Gasteiger partial charge in [0.2, 0.25) is 5.95 Å². The zero-order valence-corrected chi connectivity index (χ0v) is 22.9. The van der Waals surface area contributed by atoms with Crippen LogP contribution in [0.25, 0.3) is 11.0 Å². The molecule has 1 atom stereocenters. The lowest BCUT2D eigenvalue weighted by Crippen LogP contribution is -2.46. The first kappa shape index (κ1) is 26.2. The molecule has 6 rings (SSSR count). The van der Waals surface area contributed by atoms with Crippen LogP contribution in [0.3, 0.4) is 0 Å². The Labute approximate surface area is 235 Å². The van der Waals surface area contributed by atoms with Crippen molar-refractivity contribution in [2.24, 2.45) is 7.05 Å². The Morgan fingerprint density at radius 2 is 2.00 bits per heavy atom. The van der Waals surface area contributed by atoms with Crippen LogP contribution in [0.1, 0.15) is 22.7 Å². The lowest BCUT2D eigenvalue weighted by Gasteiger charge is -2.32. The van der Waals surface area contributed by atoms with Crippen LogP contribution >= 0.6 is 0 Å². The summed E-state index contributed by atoms with van der Waals surface area (Å²) in [6, 6.07) is 9.23. The van der Waals surface area contributed by atoms with Gasteiger partial charge in [0.1, 0.15) is 17.2 Å². The summed E-state index contributed by atoms with van der Waals surface area (Å²) in [6.07, 6.45) is 6.59. The van der Waals surface area contributed by atoms with Crippen LogP contribution in [-0.2, 0) is 18.3 Å². The first-order valence-corrected chi connectivity index (χ1v) is 13.1. The van der Waals surface area contributed by atoms with Crippen molar-refractivity contribution in [3.8, 4) is 17.6 Å². The fourth-order valence-electron chi connectivity index (χ4n) is 4.40. The zero-order valence-electron chi connectivity index (χ0n) is 22.9. The molecule has 208 valence electrons. The van der Waals surface area contributed by atoms with E-state index < -0.39 is 0 Å². The number of morpholine rings is 1. The molecule has 1 fully saturated rings. The summed E-state index contributed by atoms with van der Waals surface area (Å²) < 4.78 is 20.1. The van der Waals surface area contributed by atoms with E-state index in [4.69, 9.17) is 19.0 Å². The zero-order chi connectivity index (χ0) is 28.3. The summed E-state index contributed by atoms with van der Waals surface area (Å²) >= 11 is 0. The molecular weight excluding hydrogens is 524 g/mol. The molecule has 1 aromatic carbocycles. The van der Waals surface area contributed by atoms with E-state index >= 15 is 0 Å². The molecule has 5 aromatic rings. The van der Waals surface area contributed by atoms with Crippen molar-refractivity contribution in [2.75, 3.05) is 32.1 Å². The number of aromatic nitrogens is 6. The van der Waals surface area contributed by atoms with Crippen molar-refractivity contribution in [1.82, 2.24) is 34.1 Å². The second-order valence-electron chi connectivity index (χ2n) is 9.72. The molecule has 0 aliphatic carbocycles. The molecule has 1 N–H and O–H groups in total. The molecule has 41 heavy (non-hydrogen) atoms. The third-order valence-corrected chi connectivity index (χ3v) is 6.86. The number of benzene rings is 1. The van der Waals surface area contributed by atoms with Gasteiger partial charge in [-0.1, -0.05) is 11.1 Å². The van der Waals surface area contributed by atoms with Crippen LogP contribution in [0.4, 0.5) is 11.6 Å². The minimum absolute atomic E-state index is 0.129.